The standard InChI is InChI=1S/C62H38N4/c1-3-17-39(18-4-1)59-63-60(40-19-5-2-6-20-40)65-61(64-59)51-35-41-21-7-8-22-42(41)37-58(51)66-56-30-16-12-26-49(56)50-34-32-44(38-57(50)66)43-31-33-48-47-25-11-15-29-54(47)62(55(48)36-43)52-27-13-9-23-45(52)46-24-10-14-28-53(46)62/h1-38H. The molecule has 0 radical (unpaired) electrons. The number of para-hydroxylation sites is 1. The lowest BCUT2D eigenvalue weighted by Crippen LogP contribution is -2.25. The van der Waals surface area contributed by atoms with Crippen LogP contribution in [0.4, 0.5) is 0 Å². The lowest BCUT2D eigenvalue weighted by Gasteiger charge is -2.30. The number of nitrogens with zero attached hydrogens (tertiary/aromatic N) is 4. The first kappa shape index (κ1) is 36.7. The highest BCUT2D eigenvalue weighted by Crippen LogP contribution is 2.63. The van der Waals surface area contributed by atoms with Gasteiger partial charge in [-0.2, -0.15) is 0 Å². The van der Waals surface area contributed by atoms with Gasteiger partial charge in [-0.1, -0.05) is 200 Å². The van der Waals surface area contributed by atoms with Crippen molar-refractivity contribution in [3.63, 3.8) is 0 Å². The second-order valence-electron chi connectivity index (χ2n) is 17.5. The third kappa shape index (κ3) is 5.24. The monoisotopic (exact) mass is 838 g/mol. The van der Waals surface area contributed by atoms with E-state index in [2.05, 4.69) is 199 Å². The molecule has 0 bridgehead atoms. The van der Waals surface area contributed by atoms with Gasteiger partial charge in [0.2, 0.25) is 0 Å². The molecule has 12 aromatic rings. The molecule has 306 valence electrons. The molecule has 0 saturated heterocycles. The van der Waals surface area contributed by atoms with Crippen LogP contribution in [0.5, 0.6) is 0 Å². The van der Waals surface area contributed by atoms with Gasteiger partial charge in [0.25, 0.3) is 0 Å². The highest BCUT2D eigenvalue weighted by atomic mass is 15.1. The van der Waals surface area contributed by atoms with Gasteiger partial charge in [0.1, 0.15) is 0 Å². The average molecular weight is 839 g/mol. The summed E-state index contributed by atoms with van der Waals surface area (Å²) in [6, 6.07) is 83.5. The van der Waals surface area contributed by atoms with Gasteiger partial charge in [-0.15, -0.1) is 0 Å². The summed E-state index contributed by atoms with van der Waals surface area (Å²) in [4.78, 5) is 15.6. The zero-order valence-corrected chi connectivity index (χ0v) is 35.7. The third-order valence-electron chi connectivity index (χ3n) is 14.0. The summed E-state index contributed by atoms with van der Waals surface area (Å²) in [5, 5.41) is 4.62. The summed E-state index contributed by atoms with van der Waals surface area (Å²) in [7, 11) is 0. The zero-order chi connectivity index (χ0) is 43.3. The van der Waals surface area contributed by atoms with Crippen LogP contribution in [0.25, 0.3) is 106 Å². The molecule has 66 heavy (non-hydrogen) atoms. The van der Waals surface area contributed by atoms with Gasteiger partial charge in [-0.3, -0.25) is 0 Å². The fourth-order valence-electron chi connectivity index (χ4n) is 11.2. The summed E-state index contributed by atoms with van der Waals surface area (Å²) < 4.78 is 2.43. The summed E-state index contributed by atoms with van der Waals surface area (Å²) in [6.07, 6.45) is 0. The van der Waals surface area contributed by atoms with Gasteiger partial charge in [-0.25, -0.2) is 15.0 Å². The molecule has 2 aliphatic carbocycles. The van der Waals surface area contributed by atoms with Gasteiger partial charge < -0.3 is 4.57 Å². The molecule has 0 saturated carbocycles. The molecule has 0 N–H and O–H groups in total. The first-order valence-electron chi connectivity index (χ1n) is 22.6. The zero-order valence-electron chi connectivity index (χ0n) is 35.7. The topological polar surface area (TPSA) is 43.6 Å². The van der Waals surface area contributed by atoms with Crippen molar-refractivity contribution in [3.05, 3.63) is 253 Å². The summed E-state index contributed by atoms with van der Waals surface area (Å²) >= 11 is 0. The van der Waals surface area contributed by atoms with Crippen molar-refractivity contribution in [3.8, 4) is 73.2 Å². The molecule has 0 atom stereocenters. The van der Waals surface area contributed by atoms with Crippen molar-refractivity contribution in [1.82, 2.24) is 19.5 Å². The summed E-state index contributed by atoms with van der Waals surface area (Å²) in [5.74, 6) is 1.88. The van der Waals surface area contributed by atoms with Crippen molar-refractivity contribution in [2.45, 2.75) is 5.41 Å². The van der Waals surface area contributed by atoms with Gasteiger partial charge >= 0.3 is 0 Å². The molecule has 4 nitrogen and oxygen atoms in total. The van der Waals surface area contributed by atoms with E-state index < -0.39 is 5.41 Å². The summed E-state index contributed by atoms with van der Waals surface area (Å²) in [5.41, 5.74) is 18.5. The van der Waals surface area contributed by atoms with E-state index in [0.29, 0.717) is 17.5 Å². The Morgan fingerprint density at radius 1 is 0.288 bits per heavy atom. The van der Waals surface area contributed by atoms with Crippen molar-refractivity contribution in [2.24, 2.45) is 0 Å². The van der Waals surface area contributed by atoms with Gasteiger partial charge in [0.15, 0.2) is 17.5 Å². The van der Waals surface area contributed by atoms with E-state index in [-0.39, 0.29) is 0 Å². The van der Waals surface area contributed by atoms with E-state index >= 15 is 0 Å². The Labute approximate surface area is 381 Å². The van der Waals surface area contributed by atoms with E-state index in [0.717, 1.165) is 49.7 Å². The number of aromatic nitrogens is 4. The fourth-order valence-corrected chi connectivity index (χ4v) is 11.2. The largest absolute Gasteiger partial charge is 0.308 e. The smallest absolute Gasteiger partial charge is 0.166 e. The molecule has 14 rings (SSSR count). The maximum absolute atomic E-state index is 5.28. The van der Waals surface area contributed by atoms with E-state index in [9.17, 15) is 0 Å². The van der Waals surface area contributed by atoms with Crippen LogP contribution in [0.2, 0.25) is 0 Å². The number of benzene rings is 10. The average Bonchev–Trinajstić information content (AvgIpc) is 4.00. The summed E-state index contributed by atoms with van der Waals surface area (Å²) in [6.45, 7) is 0. The quantitative estimate of drug-likeness (QED) is 0.173. The van der Waals surface area contributed by atoms with Gasteiger partial charge in [0, 0.05) is 27.5 Å². The molecule has 0 amide bonds. The number of rotatable bonds is 5. The highest BCUT2D eigenvalue weighted by Gasteiger charge is 2.51. The molecule has 2 aliphatic rings. The number of fused-ring (bicyclic) bond motifs is 14. The third-order valence-corrected chi connectivity index (χ3v) is 14.0. The molecular weight excluding hydrogens is 801 g/mol. The van der Waals surface area contributed by atoms with Crippen molar-refractivity contribution in [1.29, 1.82) is 0 Å². The van der Waals surface area contributed by atoms with Crippen LogP contribution >= 0.6 is 0 Å². The number of hydrogen-bond acceptors (Lipinski definition) is 3. The maximum Gasteiger partial charge on any atom is 0.166 e. The molecule has 2 aromatic heterocycles. The van der Waals surface area contributed by atoms with Crippen LogP contribution in [0, 0.1) is 0 Å². The highest BCUT2D eigenvalue weighted by molar-refractivity contribution is 6.11. The lowest BCUT2D eigenvalue weighted by atomic mass is 9.70. The van der Waals surface area contributed by atoms with Crippen LogP contribution in [0.1, 0.15) is 22.3 Å². The Bertz CT molecular complexity index is 3820. The molecular formula is C62H38N4. The Hall–Kier alpha value is -8.73. The molecule has 0 unspecified atom stereocenters. The first-order valence-corrected chi connectivity index (χ1v) is 22.6. The predicted octanol–water partition coefficient (Wildman–Crippen LogP) is 15.1. The van der Waals surface area contributed by atoms with Crippen LogP contribution in [-0.4, -0.2) is 19.5 Å². The molecule has 4 heteroatoms. The molecule has 0 aliphatic heterocycles. The predicted molar refractivity (Wildman–Crippen MR) is 270 cm³/mol. The Morgan fingerprint density at radius 3 is 1.39 bits per heavy atom. The van der Waals surface area contributed by atoms with Crippen LogP contribution in [0.3, 0.4) is 0 Å². The lowest BCUT2D eigenvalue weighted by molar-refractivity contribution is 0.794. The van der Waals surface area contributed by atoms with E-state index in [1.54, 1.807) is 0 Å². The van der Waals surface area contributed by atoms with Crippen molar-refractivity contribution >= 4 is 32.6 Å². The minimum absolute atomic E-state index is 0.421. The van der Waals surface area contributed by atoms with Gasteiger partial charge in [-0.05, 0) is 96.7 Å². The van der Waals surface area contributed by atoms with E-state index in [1.165, 1.54) is 60.8 Å². The van der Waals surface area contributed by atoms with Crippen LogP contribution in [-0.2, 0) is 5.41 Å². The van der Waals surface area contributed by atoms with E-state index in [1.807, 2.05) is 36.4 Å². The number of hydrogen-bond donors (Lipinski definition) is 0. The molecule has 2 heterocycles. The van der Waals surface area contributed by atoms with E-state index in [4.69, 9.17) is 15.0 Å². The Kier molecular flexibility index (Phi) is 7.87. The SMILES string of the molecule is c1ccc(-c2nc(-c3ccccc3)nc(-c3cc4ccccc4cc3-n3c4ccccc4c4ccc(-c5ccc6c(c5)C5(c7ccccc7-c7ccccc75)c5ccccc5-6)cc43)n2)cc1. The van der Waals surface area contributed by atoms with Gasteiger partial charge in [0.05, 0.1) is 22.1 Å². The minimum Gasteiger partial charge on any atom is -0.308 e. The minimum atomic E-state index is -0.421. The second kappa shape index (κ2) is 14.1. The normalized spacial score (nSPS) is 13.0. The van der Waals surface area contributed by atoms with Crippen molar-refractivity contribution < 1.29 is 0 Å². The van der Waals surface area contributed by atoms with Crippen LogP contribution < -0.4 is 0 Å². The Balaban J connectivity index is 1.02. The molecule has 0 fully saturated rings. The fraction of sp³-hybridized carbons (Fsp3) is 0.0161. The first-order chi connectivity index (χ1) is 32.7. The molecule has 10 aromatic carbocycles. The van der Waals surface area contributed by atoms with Crippen LogP contribution in [0.15, 0.2) is 231 Å². The Morgan fingerprint density at radius 2 is 0.758 bits per heavy atom. The second-order valence-corrected chi connectivity index (χ2v) is 17.5. The van der Waals surface area contributed by atoms with Crippen molar-refractivity contribution in [2.75, 3.05) is 0 Å². The molecule has 1 spiro atoms. The maximum atomic E-state index is 5.28.